The fourth-order valence-electron chi connectivity index (χ4n) is 0.910. The van der Waals surface area contributed by atoms with E-state index in [-0.39, 0.29) is 106 Å². The van der Waals surface area contributed by atoms with Gasteiger partial charge in [0.2, 0.25) is 0 Å². The number of aromatic hydroxyl groups is 1. The number of aromatic nitrogens is 1. The van der Waals surface area contributed by atoms with Crippen LogP contribution in [0.5, 0.6) is 5.75 Å². The van der Waals surface area contributed by atoms with E-state index < -0.39 is 0 Å². The third kappa shape index (κ3) is 5.40. The number of hydrogen-bond acceptors (Lipinski definition) is 4. The van der Waals surface area contributed by atoms with Crippen LogP contribution in [0.4, 0.5) is 0 Å². The molecule has 0 aliphatic rings. The second kappa shape index (κ2) is 10.4. The molecule has 1 heterocycles. The van der Waals surface area contributed by atoms with Gasteiger partial charge in [0.1, 0.15) is 5.75 Å². The van der Waals surface area contributed by atoms with Crippen molar-refractivity contribution in [1.29, 1.82) is 0 Å². The normalized spacial score (nSPS) is 7.87. The summed E-state index contributed by atoms with van der Waals surface area (Å²) >= 11 is 0. The summed E-state index contributed by atoms with van der Waals surface area (Å²) in [5, 5.41) is 18.1. The topological polar surface area (TPSA) is 70.4 Å². The number of carbonyl (C=O) groups excluding carboxylic acids is 1. The van der Waals surface area contributed by atoms with Crippen molar-refractivity contribution in [2.75, 3.05) is 0 Å². The van der Waals surface area contributed by atoms with E-state index in [2.05, 4.69) is 4.98 Å². The minimum Gasteiger partial charge on any atom is -1.00 e. The molecule has 0 aromatic carbocycles. The van der Waals surface area contributed by atoms with Gasteiger partial charge in [-0.1, -0.05) is 0 Å². The van der Waals surface area contributed by atoms with Crippen molar-refractivity contribution in [1.82, 2.24) is 4.98 Å². The first-order valence-electron chi connectivity index (χ1n) is 3.44. The quantitative estimate of drug-likeness (QED) is 0.311. The second-order valence-corrected chi connectivity index (χ2v) is 2.41. The number of halogens is 2. The molecule has 15 heavy (non-hydrogen) atoms. The number of rotatable bonds is 2. The maximum absolute atomic E-state index is 10.5. The van der Waals surface area contributed by atoms with Crippen LogP contribution >= 0.6 is 12.4 Å². The fraction of sp³-hybridized carbons (Fsp3) is 0.250. The number of carbonyl (C=O) groups is 1. The molecule has 7 heteroatoms. The zero-order valence-electron chi connectivity index (χ0n) is 8.40. The molecule has 0 aliphatic carbocycles. The van der Waals surface area contributed by atoms with Crippen molar-refractivity contribution in [3.63, 3.8) is 0 Å². The number of aliphatic hydroxyl groups is 1. The molecule has 0 spiro atoms. The van der Waals surface area contributed by atoms with Gasteiger partial charge >= 0.3 is 51.4 Å². The molecule has 0 radical (unpaired) electrons. The number of aldehydes is 1. The summed E-state index contributed by atoms with van der Waals surface area (Å²) in [6.07, 6.45) is 1.88. The minimum absolute atomic E-state index is 0. The summed E-state index contributed by atoms with van der Waals surface area (Å²) in [5.74, 6) is -0.156. The third-order valence-electron chi connectivity index (χ3n) is 1.65. The van der Waals surface area contributed by atoms with Crippen LogP contribution < -0.4 is 75.4 Å². The van der Waals surface area contributed by atoms with Crippen LogP contribution in [-0.2, 0) is 6.61 Å². The van der Waals surface area contributed by atoms with Crippen LogP contribution in [0.1, 0.15) is 21.6 Å². The summed E-state index contributed by atoms with van der Waals surface area (Å²) in [6.45, 7) is 1.29. The van der Waals surface area contributed by atoms with Crippen molar-refractivity contribution in [2.45, 2.75) is 13.5 Å². The molecular weight excluding hydrogens is 360 g/mol. The van der Waals surface area contributed by atoms with Gasteiger partial charge in [-0.2, -0.15) is 0 Å². The molecule has 0 saturated heterocycles. The summed E-state index contributed by atoms with van der Waals surface area (Å²) in [6, 6.07) is 0. The summed E-state index contributed by atoms with van der Waals surface area (Å²) in [5.41, 5.74) is 0.840. The Balaban J connectivity index is -0.000000480. The van der Waals surface area contributed by atoms with Crippen LogP contribution in [0.15, 0.2) is 6.20 Å². The van der Waals surface area contributed by atoms with Crippen molar-refractivity contribution in [2.24, 2.45) is 0 Å². The molecule has 0 aliphatic heterocycles. The van der Waals surface area contributed by atoms with Gasteiger partial charge in [0.25, 0.3) is 0 Å². The maximum Gasteiger partial charge on any atom is 1.00 e. The van der Waals surface area contributed by atoms with Crippen LogP contribution in [-0.4, -0.2) is 21.5 Å². The van der Waals surface area contributed by atoms with Gasteiger partial charge < -0.3 is 34.2 Å². The van der Waals surface area contributed by atoms with Crippen molar-refractivity contribution < 1.29 is 90.4 Å². The van der Waals surface area contributed by atoms with Crippen molar-refractivity contribution in [3.8, 4) is 5.75 Å². The van der Waals surface area contributed by atoms with E-state index in [4.69, 9.17) is 5.11 Å². The van der Waals surface area contributed by atoms with E-state index in [0.717, 1.165) is 0 Å². The van der Waals surface area contributed by atoms with Crippen LogP contribution in [0.2, 0.25) is 0 Å². The predicted octanol–water partition coefficient (Wildman–Crippen LogP) is -5.17. The van der Waals surface area contributed by atoms with E-state index in [1.807, 2.05) is 0 Å². The van der Waals surface area contributed by atoms with Gasteiger partial charge in [-0.25, -0.2) is 0 Å². The van der Waals surface area contributed by atoms with Crippen molar-refractivity contribution >= 4 is 18.7 Å². The van der Waals surface area contributed by atoms with Crippen LogP contribution in [0, 0.1) is 6.92 Å². The summed E-state index contributed by atoms with van der Waals surface area (Å²) < 4.78 is 0. The molecule has 1 aromatic rings. The predicted molar refractivity (Wildman–Crippen MR) is 49.2 cm³/mol. The van der Waals surface area contributed by atoms with E-state index >= 15 is 0 Å². The Bertz CT molecular complexity index is 325. The molecular formula is C8H10ClIKNO3. The first-order chi connectivity index (χ1) is 5.70. The Hall–Kier alpha value is 1.24. The van der Waals surface area contributed by atoms with Crippen molar-refractivity contribution in [3.05, 3.63) is 23.0 Å². The molecule has 1 aromatic heterocycles. The minimum atomic E-state index is -0.297. The van der Waals surface area contributed by atoms with E-state index in [1.54, 1.807) is 6.92 Å². The van der Waals surface area contributed by atoms with Gasteiger partial charge in [0, 0.05) is 11.8 Å². The maximum atomic E-state index is 10.5. The fourth-order valence-corrected chi connectivity index (χ4v) is 0.910. The van der Waals surface area contributed by atoms with Gasteiger partial charge in [0.05, 0.1) is 17.9 Å². The molecule has 2 N–H and O–H groups in total. The average Bonchev–Trinajstić information content (AvgIpc) is 2.09. The standard InChI is InChI=1S/C8H9NO3.ClH.HI.K/c1-5-8(12)7(4-11)6(3-10)2-9-5;;;/h2,4,10,12H,3H2,1H3;2*1H;/q;;;+1/p-1. The SMILES string of the molecule is Cc1ncc(CO)c(C=O)c1O.Cl.[I-].[K+]. The Labute approximate surface area is 154 Å². The molecule has 0 amide bonds. The number of nitrogens with zero attached hydrogens (tertiary/aromatic N) is 1. The van der Waals surface area contributed by atoms with E-state index in [1.165, 1.54) is 6.20 Å². The molecule has 0 fully saturated rings. The molecule has 1 rings (SSSR count). The first kappa shape index (κ1) is 21.5. The van der Waals surface area contributed by atoms with E-state index in [0.29, 0.717) is 17.5 Å². The molecule has 0 atom stereocenters. The van der Waals surface area contributed by atoms with Gasteiger partial charge in [-0.15, -0.1) is 12.4 Å². The Kier molecular flexibility index (Phi) is 14.9. The molecule has 0 saturated carbocycles. The Morgan fingerprint density at radius 2 is 2.07 bits per heavy atom. The number of hydrogen-bond donors (Lipinski definition) is 2. The second-order valence-electron chi connectivity index (χ2n) is 2.41. The van der Waals surface area contributed by atoms with Gasteiger partial charge in [0.15, 0.2) is 6.29 Å². The first-order valence-corrected chi connectivity index (χ1v) is 3.44. The Morgan fingerprint density at radius 1 is 1.53 bits per heavy atom. The zero-order valence-corrected chi connectivity index (χ0v) is 14.5. The van der Waals surface area contributed by atoms with Gasteiger partial charge in [-0.05, 0) is 6.92 Å². The zero-order chi connectivity index (χ0) is 9.14. The summed E-state index contributed by atoms with van der Waals surface area (Å²) in [7, 11) is 0. The number of pyridine rings is 1. The molecule has 0 unspecified atom stereocenters. The number of aryl methyl sites for hydroxylation is 1. The number of aliphatic hydroxyl groups excluding tert-OH is 1. The largest absolute Gasteiger partial charge is 1.00 e. The average molecular weight is 370 g/mol. The summed E-state index contributed by atoms with van der Waals surface area (Å²) in [4.78, 5) is 14.2. The molecule has 80 valence electrons. The van der Waals surface area contributed by atoms with Gasteiger partial charge in [-0.3, -0.25) is 9.78 Å². The monoisotopic (exact) mass is 369 g/mol. The Morgan fingerprint density at radius 3 is 2.47 bits per heavy atom. The van der Waals surface area contributed by atoms with Crippen LogP contribution in [0.25, 0.3) is 0 Å². The third-order valence-corrected chi connectivity index (χ3v) is 1.65. The molecule has 0 bridgehead atoms. The van der Waals surface area contributed by atoms with E-state index in [9.17, 15) is 9.90 Å². The smallest absolute Gasteiger partial charge is 1.00 e. The molecule has 4 nitrogen and oxygen atoms in total. The van der Waals surface area contributed by atoms with Crippen LogP contribution in [0.3, 0.4) is 0 Å².